The van der Waals surface area contributed by atoms with Crippen LogP contribution in [0.5, 0.6) is 0 Å². The van der Waals surface area contributed by atoms with Gasteiger partial charge >= 0.3 is 12.1 Å². The number of amides is 1. The monoisotopic (exact) mass is 424 g/mol. The summed E-state index contributed by atoms with van der Waals surface area (Å²) in [5.74, 6) is -0.666. The van der Waals surface area contributed by atoms with Crippen LogP contribution in [0.25, 0.3) is 11.1 Å². The molecule has 0 aliphatic heterocycles. The van der Waals surface area contributed by atoms with Gasteiger partial charge in [0.1, 0.15) is 6.34 Å². The maximum absolute atomic E-state index is 12.4. The van der Waals surface area contributed by atoms with E-state index in [4.69, 9.17) is 14.9 Å². The van der Waals surface area contributed by atoms with Crippen molar-refractivity contribution in [3.05, 3.63) is 60.2 Å². The molecule has 3 N–H and O–H groups in total. The number of rotatable bonds is 10. The smallest absolute Gasteiger partial charge is 0.408 e. The van der Waals surface area contributed by atoms with Crippen LogP contribution in [0.1, 0.15) is 32.4 Å². The Kier molecular flexibility index (Phi) is 9.22. The Morgan fingerprint density at radius 2 is 1.65 bits per heavy atom. The van der Waals surface area contributed by atoms with Gasteiger partial charge in [0.15, 0.2) is 0 Å². The topological polar surface area (TPSA) is 113 Å². The van der Waals surface area contributed by atoms with Gasteiger partial charge in [-0.3, -0.25) is 5.41 Å². The summed E-state index contributed by atoms with van der Waals surface area (Å²) in [6.07, 6.45) is -0.171. The van der Waals surface area contributed by atoms with E-state index in [1.165, 1.54) is 6.34 Å². The quantitative estimate of drug-likeness (QED) is 0.306. The highest BCUT2D eigenvalue weighted by molar-refractivity contribution is 5.80. The normalized spacial score (nSPS) is 12.8. The lowest BCUT2D eigenvalue weighted by molar-refractivity contribution is -0.157. The molecule has 8 nitrogen and oxygen atoms in total. The molecule has 0 aromatic heterocycles. The van der Waals surface area contributed by atoms with E-state index in [1.807, 2.05) is 61.5 Å². The van der Waals surface area contributed by atoms with Gasteiger partial charge < -0.3 is 20.1 Å². The fraction of sp³-hybridized carbons (Fsp3) is 0.304. The predicted molar refractivity (Wildman–Crippen MR) is 120 cm³/mol. The molecular weight excluding hydrogens is 396 g/mol. The third-order valence-electron chi connectivity index (χ3n) is 4.26. The molecule has 2 atom stereocenters. The first-order valence-electron chi connectivity index (χ1n) is 9.97. The zero-order valence-corrected chi connectivity index (χ0v) is 17.9. The van der Waals surface area contributed by atoms with Gasteiger partial charge in [0.2, 0.25) is 6.10 Å². The molecule has 0 aliphatic rings. The van der Waals surface area contributed by atoms with Crippen molar-refractivity contribution in [2.24, 2.45) is 4.99 Å². The highest BCUT2D eigenvalue weighted by Crippen LogP contribution is 2.21. The van der Waals surface area contributed by atoms with E-state index >= 15 is 0 Å². The Balaban J connectivity index is 1.97. The van der Waals surface area contributed by atoms with Crippen molar-refractivity contribution in [3.8, 4) is 11.1 Å². The first kappa shape index (κ1) is 23.6. The summed E-state index contributed by atoms with van der Waals surface area (Å²) in [6, 6.07) is 17.5. The number of ether oxygens (including phenoxy) is 2. The van der Waals surface area contributed by atoms with E-state index in [0.717, 1.165) is 23.0 Å². The molecule has 8 heteroatoms. The van der Waals surface area contributed by atoms with Crippen LogP contribution in [0.2, 0.25) is 0 Å². The standard InChI is InChI=1S/C23H28N4O4/c1-16(2)30-22(28)21(13-25-15-26-14-24)31-23(29)27-17(3)18-9-11-20(12-10-18)19-7-5-4-6-8-19/h4-12,14-17,21H,13H2,1-3H3,(H,27,29)(H2,24,25,26)/t17-,21+/m0/s1. The van der Waals surface area contributed by atoms with Gasteiger partial charge in [0.05, 0.1) is 25.0 Å². The number of nitrogens with zero attached hydrogens (tertiary/aromatic N) is 1. The van der Waals surface area contributed by atoms with Crippen molar-refractivity contribution >= 4 is 24.7 Å². The lowest BCUT2D eigenvalue weighted by atomic mass is 10.0. The second-order valence-electron chi connectivity index (χ2n) is 7.05. The zero-order chi connectivity index (χ0) is 22.6. The minimum absolute atomic E-state index is 0.0313. The molecule has 0 unspecified atom stereocenters. The molecule has 0 aliphatic carbocycles. The highest BCUT2D eigenvalue weighted by Gasteiger charge is 2.26. The van der Waals surface area contributed by atoms with Crippen LogP contribution in [0.3, 0.4) is 0 Å². The van der Waals surface area contributed by atoms with Crippen molar-refractivity contribution in [2.45, 2.75) is 39.0 Å². The van der Waals surface area contributed by atoms with E-state index in [1.54, 1.807) is 13.8 Å². The Hall–Kier alpha value is -3.68. The summed E-state index contributed by atoms with van der Waals surface area (Å²) in [5.41, 5.74) is 3.09. The van der Waals surface area contributed by atoms with Crippen molar-refractivity contribution in [2.75, 3.05) is 6.54 Å². The predicted octanol–water partition coefficient (Wildman–Crippen LogP) is 3.69. The summed E-state index contributed by atoms with van der Waals surface area (Å²) in [6.45, 7) is 5.21. The molecule has 0 spiro atoms. The highest BCUT2D eigenvalue weighted by atomic mass is 16.6. The summed E-state index contributed by atoms with van der Waals surface area (Å²) < 4.78 is 10.4. The molecule has 0 fully saturated rings. The van der Waals surface area contributed by atoms with E-state index in [2.05, 4.69) is 15.6 Å². The lowest BCUT2D eigenvalue weighted by Crippen LogP contribution is -2.42. The number of esters is 1. The number of carbonyl (C=O) groups is 2. The van der Waals surface area contributed by atoms with E-state index in [0.29, 0.717) is 0 Å². The summed E-state index contributed by atoms with van der Waals surface area (Å²) in [7, 11) is 0. The van der Waals surface area contributed by atoms with Crippen LogP contribution in [-0.2, 0) is 14.3 Å². The van der Waals surface area contributed by atoms with E-state index in [-0.39, 0.29) is 18.7 Å². The molecular formula is C23H28N4O4. The number of nitrogens with one attached hydrogen (secondary N) is 3. The van der Waals surface area contributed by atoms with E-state index in [9.17, 15) is 9.59 Å². The average Bonchev–Trinajstić information content (AvgIpc) is 2.76. The minimum atomic E-state index is -1.16. The molecule has 0 bridgehead atoms. The van der Waals surface area contributed by atoms with Gasteiger partial charge in [0, 0.05) is 0 Å². The summed E-state index contributed by atoms with van der Waals surface area (Å²) in [4.78, 5) is 28.1. The largest absolute Gasteiger partial charge is 0.460 e. The number of alkyl carbamates (subject to hydrolysis) is 1. The maximum Gasteiger partial charge on any atom is 0.408 e. The Morgan fingerprint density at radius 3 is 2.26 bits per heavy atom. The molecule has 1 amide bonds. The fourth-order valence-electron chi connectivity index (χ4n) is 2.75. The molecule has 2 aromatic carbocycles. The Labute approximate surface area is 182 Å². The first-order valence-corrected chi connectivity index (χ1v) is 9.97. The van der Waals surface area contributed by atoms with Gasteiger partial charge in [-0.1, -0.05) is 54.6 Å². The summed E-state index contributed by atoms with van der Waals surface area (Å²) >= 11 is 0. The minimum Gasteiger partial charge on any atom is -0.460 e. The number of carbonyl (C=O) groups excluding carboxylic acids is 2. The van der Waals surface area contributed by atoms with Gasteiger partial charge in [-0.25, -0.2) is 14.6 Å². The molecule has 0 radical (unpaired) electrons. The molecule has 164 valence electrons. The zero-order valence-electron chi connectivity index (χ0n) is 17.9. The average molecular weight is 425 g/mol. The maximum atomic E-state index is 12.4. The molecule has 2 rings (SSSR count). The van der Waals surface area contributed by atoms with Crippen LogP contribution in [0.4, 0.5) is 4.79 Å². The third-order valence-corrected chi connectivity index (χ3v) is 4.26. The molecule has 0 saturated heterocycles. The number of hydrogen-bond acceptors (Lipinski definition) is 5. The second kappa shape index (κ2) is 12.1. The van der Waals surface area contributed by atoms with E-state index < -0.39 is 18.2 Å². The van der Waals surface area contributed by atoms with Gasteiger partial charge in [-0.05, 0) is 37.5 Å². The molecule has 2 aromatic rings. The Bertz CT molecular complexity index is 882. The lowest BCUT2D eigenvalue weighted by Gasteiger charge is -2.20. The van der Waals surface area contributed by atoms with Crippen molar-refractivity contribution in [1.29, 1.82) is 5.41 Å². The fourth-order valence-corrected chi connectivity index (χ4v) is 2.75. The van der Waals surface area contributed by atoms with Crippen LogP contribution >= 0.6 is 0 Å². The van der Waals surface area contributed by atoms with Crippen LogP contribution in [0.15, 0.2) is 59.6 Å². The SMILES string of the molecule is CC(C)OC(=O)[C@@H](CN/C=N\C=N)OC(=O)N[C@@H](C)c1ccc(-c2ccccc2)cc1. The number of benzene rings is 2. The van der Waals surface area contributed by atoms with Crippen molar-refractivity contribution in [3.63, 3.8) is 0 Å². The van der Waals surface area contributed by atoms with Crippen LogP contribution in [-0.4, -0.2) is 43.5 Å². The molecule has 0 heterocycles. The Morgan fingerprint density at radius 1 is 1.00 bits per heavy atom. The van der Waals surface area contributed by atoms with Crippen LogP contribution in [0, 0.1) is 5.41 Å². The number of aliphatic imine (C=N–C) groups is 1. The van der Waals surface area contributed by atoms with Gasteiger partial charge in [-0.2, -0.15) is 0 Å². The third kappa shape index (κ3) is 7.93. The van der Waals surface area contributed by atoms with Crippen molar-refractivity contribution in [1.82, 2.24) is 10.6 Å². The molecule has 0 saturated carbocycles. The van der Waals surface area contributed by atoms with Gasteiger partial charge in [-0.15, -0.1) is 0 Å². The van der Waals surface area contributed by atoms with Gasteiger partial charge in [0.25, 0.3) is 0 Å². The number of hydrogen-bond donors (Lipinski definition) is 3. The summed E-state index contributed by atoms with van der Waals surface area (Å²) in [5, 5.41) is 12.3. The second-order valence-corrected chi connectivity index (χ2v) is 7.05. The van der Waals surface area contributed by atoms with Crippen molar-refractivity contribution < 1.29 is 19.1 Å². The molecule has 31 heavy (non-hydrogen) atoms. The van der Waals surface area contributed by atoms with Crippen LogP contribution < -0.4 is 10.6 Å². The first-order chi connectivity index (χ1) is 14.9.